The standard InChI is InChI=1S/C16H19N/c1-10-8-9-13(14-15(17)16(14,2)3)12-7-5-4-6-11(10)12/h4-9,14-15H,17H2,1-3H3. The van der Waals surface area contributed by atoms with E-state index in [1.807, 2.05) is 0 Å². The number of hydrogen-bond acceptors (Lipinski definition) is 1. The van der Waals surface area contributed by atoms with Gasteiger partial charge in [0.2, 0.25) is 0 Å². The maximum atomic E-state index is 6.21. The first-order valence-corrected chi connectivity index (χ1v) is 6.27. The summed E-state index contributed by atoms with van der Waals surface area (Å²) >= 11 is 0. The molecule has 2 unspecified atom stereocenters. The second kappa shape index (κ2) is 3.33. The lowest BCUT2D eigenvalue weighted by molar-refractivity contribution is 0.600. The Hall–Kier alpha value is -1.34. The molecule has 1 aliphatic rings. The van der Waals surface area contributed by atoms with Crippen molar-refractivity contribution in [3.8, 4) is 0 Å². The molecule has 0 spiro atoms. The third kappa shape index (κ3) is 1.42. The molecule has 17 heavy (non-hydrogen) atoms. The molecule has 1 aliphatic carbocycles. The first-order chi connectivity index (χ1) is 8.03. The van der Waals surface area contributed by atoms with Crippen molar-refractivity contribution in [2.24, 2.45) is 11.1 Å². The van der Waals surface area contributed by atoms with Crippen LogP contribution in [0, 0.1) is 12.3 Å². The van der Waals surface area contributed by atoms with Gasteiger partial charge >= 0.3 is 0 Å². The predicted octanol–water partition coefficient (Wildman–Crippen LogP) is 3.60. The van der Waals surface area contributed by atoms with Gasteiger partial charge in [-0.15, -0.1) is 0 Å². The number of hydrogen-bond donors (Lipinski definition) is 1. The highest BCUT2D eigenvalue weighted by Crippen LogP contribution is 2.58. The first kappa shape index (κ1) is 10.8. The van der Waals surface area contributed by atoms with Crippen molar-refractivity contribution in [2.45, 2.75) is 32.7 Å². The topological polar surface area (TPSA) is 26.0 Å². The van der Waals surface area contributed by atoms with E-state index in [-0.39, 0.29) is 5.41 Å². The van der Waals surface area contributed by atoms with E-state index in [2.05, 4.69) is 57.2 Å². The summed E-state index contributed by atoms with van der Waals surface area (Å²) in [6.07, 6.45) is 0. The SMILES string of the molecule is Cc1ccc(C2C(N)C2(C)C)c2ccccc12. The van der Waals surface area contributed by atoms with Gasteiger partial charge in [0, 0.05) is 12.0 Å². The molecule has 2 aromatic carbocycles. The summed E-state index contributed by atoms with van der Waals surface area (Å²) in [7, 11) is 0. The second-order valence-electron chi connectivity index (χ2n) is 5.84. The van der Waals surface area contributed by atoms with E-state index >= 15 is 0 Å². The molecule has 0 bridgehead atoms. The van der Waals surface area contributed by atoms with Gasteiger partial charge in [0.1, 0.15) is 0 Å². The van der Waals surface area contributed by atoms with Crippen LogP contribution in [-0.4, -0.2) is 6.04 Å². The molecule has 2 N–H and O–H groups in total. The van der Waals surface area contributed by atoms with E-state index in [9.17, 15) is 0 Å². The summed E-state index contributed by atoms with van der Waals surface area (Å²) in [5.74, 6) is 0.507. The second-order valence-corrected chi connectivity index (χ2v) is 5.84. The zero-order valence-electron chi connectivity index (χ0n) is 10.7. The van der Waals surface area contributed by atoms with Gasteiger partial charge in [-0.25, -0.2) is 0 Å². The summed E-state index contributed by atoms with van der Waals surface area (Å²) in [4.78, 5) is 0. The van der Waals surface area contributed by atoms with Crippen LogP contribution in [0.15, 0.2) is 36.4 Å². The van der Waals surface area contributed by atoms with Gasteiger partial charge in [-0.1, -0.05) is 50.2 Å². The smallest absolute Gasteiger partial charge is 0.0172 e. The molecule has 0 amide bonds. The molecule has 1 heteroatoms. The number of aryl methyl sites for hydroxylation is 1. The molecular weight excluding hydrogens is 206 g/mol. The highest BCUT2D eigenvalue weighted by molar-refractivity contribution is 5.89. The Morgan fingerprint density at radius 1 is 1.00 bits per heavy atom. The third-order valence-electron chi connectivity index (χ3n) is 4.42. The lowest BCUT2D eigenvalue weighted by atomic mass is 9.94. The van der Waals surface area contributed by atoms with Crippen LogP contribution in [0.25, 0.3) is 10.8 Å². The van der Waals surface area contributed by atoms with Crippen molar-refractivity contribution in [3.63, 3.8) is 0 Å². The van der Waals surface area contributed by atoms with Gasteiger partial charge in [-0.2, -0.15) is 0 Å². The molecule has 0 aliphatic heterocycles. The molecule has 1 nitrogen and oxygen atoms in total. The predicted molar refractivity (Wildman–Crippen MR) is 73.2 cm³/mol. The highest BCUT2D eigenvalue weighted by atomic mass is 14.8. The van der Waals surface area contributed by atoms with Crippen LogP contribution in [0.3, 0.4) is 0 Å². The summed E-state index contributed by atoms with van der Waals surface area (Å²) in [5, 5.41) is 2.73. The zero-order chi connectivity index (χ0) is 12.2. The summed E-state index contributed by atoms with van der Waals surface area (Å²) in [5.41, 5.74) is 9.22. The Morgan fingerprint density at radius 2 is 1.59 bits per heavy atom. The minimum absolute atomic E-state index is 0.248. The van der Waals surface area contributed by atoms with Crippen LogP contribution in [0.4, 0.5) is 0 Å². The summed E-state index contributed by atoms with van der Waals surface area (Å²) in [6.45, 7) is 6.69. The van der Waals surface area contributed by atoms with Crippen LogP contribution >= 0.6 is 0 Å². The van der Waals surface area contributed by atoms with Gasteiger partial charge in [-0.3, -0.25) is 0 Å². The first-order valence-electron chi connectivity index (χ1n) is 6.27. The Kier molecular flexibility index (Phi) is 2.11. The van der Waals surface area contributed by atoms with Gasteiger partial charge in [0.15, 0.2) is 0 Å². The number of rotatable bonds is 1. The maximum absolute atomic E-state index is 6.21. The average molecular weight is 225 g/mol. The van der Waals surface area contributed by atoms with Crippen molar-refractivity contribution in [1.82, 2.24) is 0 Å². The van der Waals surface area contributed by atoms with Crippen LogP contribution in [0.2, 0.25) is 0 Å². The van der Waals surface area contributed by atoms with Crippen molar-refractivity contribution in [3.05, 3.63) is 47.5 Å². The molecular formula is C16H19N. The number of benzene rings is 2. The number of nitrogens with two attached hydrogens (primary N) is 1. The minimum atomic E-state index is 0.248. The Bertz CT molecular complexity index is 583. The molecule has 0 aromatic heterocycles. The fourth-order valence-corrected chi connectivity index (χ4v) is 3.02. The monoisotopic (exact) mass is 225 g/mol. The molecule has 0 radical (unpaired) electrons. The third-order valence-corrected chi connectivity index (χ3v) is 4.42. The van der Waals surface area contributed by atoms with E-state index in [1.54, 1.807) is 0 Å². The summed E-state index contributed by atoms with van der Waals surface area (Å²) in [6, 6.07) is 13.4. The molecule has 2 atom stereocenters. The van der Waals surface area contributed by atoms with Gasteiger partial charge in [0.25, 0.3) is 0 Å². The lowest BCUT2D eigenvalue weighted by Gasteiger charge is -2.10. The Morgan fingerprint density at radius 3 is 2.18 bits per heavy atom. The van der Waals surface area contributed by atoms with Crippen molar-refractivity contribution in [2.75, 3.05) is 0 Å². The Labute approximate surface area is 103 Å². The quantitative estimate of drug-likeness (QED) is 0.788. The van der Waals surface area contributed by atoms with Crippen LogP contribution in [0.1, 0.15) is 30.9 Å². The van der Waals surface area contributed by atoms with E-state index in [1.165, 1.54) is 21.9 Å². The maximum Gasteiger partial charge on any atom is 0.0172 e. The normalized spacial score (nSPS) is 26.1. The molecule has 2 aromatic rings. The van der Waals surface area contributed by atoms with Crippen molar-refractivity contribution >= 4 is 10.8 Å². The van der Waals surface area contributed by atoms with Crippen molar-refractivity contribution in [1.29, 1.82) is 0 Å². The fourth-order valence-electron chi connectivity index (χ4n) is 3.02. The molecule has 0 saturated heterocycles. The highest BCUT2D eigenvalue weighted by Gasteiger charge is 2.56. The minimum Gasteiger partial charge on any atom is -0.327 e. The molecule has 88 valence electrons. The van der Waals surface area contributed by atoms with E-state index < -0.39 is 0 Å². The average Bonchev–Trinajstić information content (AvgIpc) is 2.80. The van der Waals surface area contributed by atoms with Gasteiger partial charge in [-0.05, 0) is 34.2 Å². The van der Waals surface area contributed by atoms with Crippen LogP contribution in [0.5, 0.6) is 0 Å². The molecule has 0 heterocycles. The summed E-state index contributed by atoms with van der Waals surface area (Å²) < 4.78 is 0. The number of fused-ring (bicyclic) bond motifs is 1. The fraction of sp³-hybridized carbons (Fsp3) is 0.375. The Balaban J connectivity index is 2.23. The van der Waals surface area contributed by atoms with Gasteiger partial charge < -0.3 is 5.73 Å². The largest absolute Gasteiger partial charge is 0.327 e. The van der Waals surface area contributed by atoms with Gasteiger partial charge in [0.05, 0.1) is 0 Å². The van der Waals surface area contributed by atoms with Crippen molar-refractivity contribution < 1.29 is 0 Å². The molecule has 3 rings (SSSR count). The lowest BCUT2D eigenvalue weighted by Crippen LogP contribution is -2.06. The zero-order valence-corrected chi connectivity index (χ0v) is 10.7. The van der Waals surface area contributed by atoms with E-state index in [4.69, 9.17) is 5.73 Å². The van der Waals surface area contributed by atoms with Crippen LogP contribution < -0.4 is 5.73 Å². The van der Waals surface area contributed by atoms with E-state index in [0.717, 1.165) is 0 Å². The van der Waals surface area contributed by atoms with E-state index in [0.29, 0.717) is 12.0 Å². The molecule has 1 fully saturated rings. The molecule has 1 saturated carbocycles. The van der Waals surface area contributed by atoms with Crippen LogP contribution in [-0.2, 0) is 0 Å².